The van der Waals surface area contributed by atoms with Crippen molar-refractivity contribution in [3.63, 3.8) is 0 Å². The molecule has 0 spiro atoms. The highest BCUT2D eigenvalue weighted by Gasteiger charge is 2.24. The highest BCUT2D eigenvalue weighted by Crippen LogP contribution is 2.24. The first-order chi connectivity index (χ1) is 18.3. The number of nitrogens with zero attached hydrogens (tertiary/aromatic N) is 2. The van der Waals surface area contributed by atoms with Crippen molar-refractivity contribution in [1.29, 1.82) is 0 Å². The van der Waals surface area contributed by atoms with E-state index in [9.17, 15) is 0 Å². The third-order valence-corrected chi connectivity index (χ3v) is 8.57. The average Bonchev–Trinajstić information content (AvgIpc) is 3.29. The van der Waals surface area contributed by atoms with E-state index in [-0.39, 0.29) is 0 Å². The Kier molecular flexibility index (Phi) is 25.0. The Hall–Kier alpha value is -0.660. The summed E-state index contributed by atoms with van der Waals surface area (Å²) >= 11 is 0. The standard InChI is InChI=1S/C35H70N2/c1-4-7-10-13-15-16-17-18-19-20-21-22-23-26-29-32-37-34-33-36(31-28-25-14-11-8-5-2)35(37)30-27-24-12-9-6-3/h33-35H,4-32H2,1-3H3. The van der Waals surface area contributed by atoms with E-state index in [1.165, 1.54) is 186 Å². The molecule has 0 aromatic rings. The van der Waals surface area contributed by atoms with Crippen molar-refractivity contribution >= 4 is 0 Å². The number of unbranched alkanes of at least 4 members (excludes halogenated alkanes) is 23. The Balaban J connectivity index is 2.10. The minimum atomic E-state index is 0.643. The first-order valence-electron chi connectivity index (χ1n) is 17.5. The van der Waals surface area contributed by atoms with Crippen molar-refractivity contribution in [2.24, 2.45) is 0 Å². The number of hydrogen-bond donors (Lipinski definition) is 0. The summed E-state index contributed by atoms with van der Waals surface area (Å²) < 4.78 is 0. The Morgan fingerprint density at radius 2 is 0.622 bits per heavy atom. The van der Waals surface area contributed by atoms with E-state index in [1.54, 1.807) is 0 Å². The molecule has 1 unspecified atom stereocenters. The van der Waals surface area contributed by atoms with Gasteiger partial charge >= 0.3 is 0 Å². The molecular weight excluding hydrogens is 448 g/mol. The molecule has 0 aromatic carbocycles. The molecule has 0 saturated heterocycles. The second kappa shape index (κ2) is 26.9. The average molecular weight is 519 g/mol. The zero-order valence-electron chi connectivity index (χ0n) is 26.1. The van der Waals surface area contributed by atoms with Crippen LogP contribution in [0, 0.1) is 0 Å². The fraction of sp³-hybridized carbons (Fsp3) is 0.943. The second-order valence-electron chi connectivity index (χ2n) is 12.2. The smallest absolute Gasteiger partial charge is 0.101 e. The van der Waals surface area contributed by atoms with Gasteiger partial charge in [-0.3, -0.25) is 0 Å². The molecule has 0 saturated carbocycles. The molecular formula is C35H70N2. The van der Waals surface area contributed by atoms with Crippen LogP contribution in [0.2, 0.25) is 0 Å². The minimum absolute atomic E-state index is 0.643. The van der Waals surface area contributed by atoms with Crippen molar-refractivity contribution in [2.75, 3.05) is 13.1 Å². The van der Waals surface area contributed by atoms with E-state index >= 15 is 0 Å². The molecule has 0 aliphatic carbocycles. The van der Waals surface area contributed by atoms with Crippen molar-refractivity contribution in [1.82, 2.24) is 9.80 Å². The van der Waals surface area contributed by atoms with E-state index in [4.69, 9.17) is 0 Å². The van der Waals surface area contributed by atoms with Gasteiger partial charge < -0.3 is 9.80 Å². The molecule has 0 aromatic heterocycles. The summed E-state index contributed by atoms with van der Waals surface area (Å²) in [6, 6.07) is 0. The summed E-state index contributed by atoms with van der Waals surface area (Å²) in [5.41, 5.74) is 0. The molecule has 2 heteroatoms. The SMILES string of the molecule is CCCCCCCCCCCCCCCCCN1C=CN(CCCCCCCC)C1CCCCCCC. The van der Waals surface area contributed by atoms with Gasteiger partial charge in [0.15, 0.2) is 0 Å². The minimum Gasteiger partial charge on any atom is -0.356 e. The lowest BCUT2D eigenvalue weighted by Crippen LogP contribution is -2.39. The van der Waals surface area contributed by atoms with Crippen LogP contribution in [0.1, 0.15) is 194 Å². The molecule has 1 atom stereocenters. The van der Waals surface area contributed by atoms with Crippen molar-refractivity contribution in [3.8, 4) is 0 Å². The Morgan fingerprint density at radius 1 is 0.351 bits per heavy atom. The van der Waals surface area contributed by atoms with Gasteiger partial charge in [0, 0.05) is 25.5 Å². The van der Waals surface area contributed by atoms with Crippen molar-refractivity contribution in [3.05, 3.63) is 12.4 Å². The van der Waals surface area contributed by atoms with Crippen LogP contribution in [0.15, 0.2) is 12.4 Å². The van der Waals surface area contributed by atoms with Gasteiger partial charge in [0.25, 0.3) is 0 Å². The molecule has 2 nitrogen and oxygen atoms in total. The van der Waals surface area contributed by atoms with Crippen LogP contribution >= 0.6 is 0 Å². The van der Waals surface area contributed by atoms with Crippen LogP contribution in [0.4, 0.5) is 0 Å². The van der Waals surface area contributed by atoms with Gasteiger partial charge in [0.05, 0.1) is 0 Å². The topological polar surface area (TPSA) is 6.48 Å². The van der Waals surface area contributed by atoms with E-state index in [0.29, 0.717) is 6.17 Å². The van der Waals surface area contributed by atoms with E-state index < -0.39 is 0 Å². The lowest BCUT2D eigenvalue weighted by atomic mass is 10.0. The van der Waals surface area contributed by atoms with Crippen LogP contribution in [-0.2, 0) is 0 Å². The van der Waals surface area contributed by atoms with Gasteiger partial charge in [-0.05, 0) is 25.7 Å². The summed E-state index contributed by atoms with van der Waals surface area (Å²) in [6.45, 7) is 9.47. The van der Waals surface area contributed by atoms with Gasteiger partial charge in [0.1, 0.15) is 6.17 Å². The molecule has 0 N–H and O–H groups in total. The van der Waals surface area contributed by atoms with Gasteiger partial charge in [-0.1, -0.05) is 168 Å². The molecule has 1 rings (SSSR count). The second-order valence-corrected chi connectivity index (χ2v) is 12.2. The predicted octanol–water partition coefficient (Wildman–Crippen LogP) is 12.0. The van der Waals surface area contributed by atoms with Crippen LogP contribution in [-0.4, -0.2) is 29.1 Å². The Labute approximate surface area is 235 Å². The van der Waals surface area contributed by atoms with Crippen LogP contribution in [0.5, 0.6) is 0 Å². The molecule has 1 aliphatic rings. The molecule has 0 radical (unpaired) electrons. The van der Waals surface area contributed by atoms with Crippen LogP contribution < -0.4 is 0 Å². The summed E-state index contributed by atoms with van der Waals surface area (Å²) in [5, 5.41) is 0. The molecule has 220 valence electrons. The van der Waals surface area contributed by atoms with E-state index in [0.717, 1.165) is 0 Å². The fourth-order valence-corrected chi connectivity index (χ4v) is 6.01. The zero-order chi connectivity index (χ0) is 26.7. The molecule has 0 bridgehead atoms. The van der Waals surface area contributed by atoms with Crippen molar-refractivity contribution < 1.29 is 0 Å². The monoisotopic (exact) mass is 519 g/mol. The molecule has 0 amide bonds. The highest BCUT2D eigenvalue weighted by molar-refractivity contribution is 4.97. The van der Waals surface area contributed by atoms with E-state index in [2.05, 4.69) is 43.0 Å². The zero-order valence-corrected chi connectivity index (χ0v) is 26.1. The lowest BCUT2D eigenvalue weighted by Gasteiger charge is -2.33. The summed E-state index contributed by atoms with van der Waals surface area (Å²) in [5.74, 6) is 0. The van der Waals surface area contributed by atoms with E-state index in [1.807, 2.05) is 0 Å². The summed E-state index contributed by atoms with van der Waals surface area (Å²) in [6.07, 6.45) is 44.0. The molecule has 37 heavy (non-hydrogen) atoms. The maximum Gasteiger partial charge on any atom is 0.101 e. The van der Waals surface area contributed by atoms with Gasteiger partial charge in [-0.25, -0.2) is 0 Å². The summed E-state index contributed by atoms with van der Waals surface area (Å²) in [7, 11) is 0. The van der Waals surface area contributed by atoms with Gasteiger partial charge in [0.2, 0.25) is 0 Å². The number of hydrogen-bond acceptors (Lipinski definition) is 2. The van der Waals surface area contributed by atoms with Crippen molar-refractivity contribution in [2.45, 2.75) is 200 Å². The third kappa shape index (κ3) is 20.0. The maximum absolute atomic E-state index is 2.69. The maximum atomic E-state index is 2.69. The third-order valence-electron chi connectivity index (χ3n) is 8.57. The quantitative estimate of drug-likeness (QED) is 0.0908. The van der Waals surface area contributed by atoms with Crippen LogP contribution in [0.3, 0.4) is 0 Å². The summed E-state index contributed by atoms with van der Waals surface area (Å²) in [4.78, 5) is 5.38. The Morgan fingerprint density at radius 3 is 0.946 bits per heavy atom. The Bertz CT molecular complexity index is 474. The molecule has 1 aliphatic heterocycles. The first-order valence-corrected chi connectivity index (χ1v) is 17.5. The lowest BCUT2D eigenvalue weighted by molar-refractivity contribution is 0.135. The highest BCUT2D eigenvalue weighted by atomic mass is 15.4. The largest absolute Gasteiger partial charge is 0.356 e. The van der Waals surface area contributed by atoms with Gasteiger partial charge in [-0.2, -0.15) is 0 Å². The first kappa shape index (κ1) is 34.4. The van der Waals surface area contributed by atoms with Gasteiger partial charge in [-0.15, -0.1) is 0 Å². The predicted molar refractivity (Wildman–Crippen MR) is 168 cm³/mol. The normalized spacial score (nSPS) is 15.4. The fourth-order valence-electron chi connectivity index (χ4n) is 6.01. The number of rotatable bonds is 29. The molecule has 1 heterocycles. The van der Waals surface area contributed by atoms with Crippen LogP contribution in [0.25, 0.3) is 0 Å². The molecule has 0 fully saturated rings.